The lowest BCUT2D eigenvalue weighted by atomic mass is 10.1. The zero-order valence-corrected chi connectivity index (χ0v) is 10.1. The van der Waals surface area contributed by atoms with Gasteiger partial charge in [-0.2, -0.15) is 0 Å². The zero-order valence-electron chi connectivity index (χ0n) is 10.1. The van der Waals surface area contributed by atoms with Crippen LogP contribution in [0.4, 0.5) is 5.69 Å². The smallest absolute Gasteiger partial charge is 0.258 e. The molecule has 0 radical (unpaired) electrons. The maximum atomic E-state index is 11.6. The number of carbonyl (C=O) groups is 2. The molecule has 0 saturated carbocycles. The summed E-state index contributed by atoms with van der Waals surface area (Å²) in [7, 11) is 0. The van der Waals surface area contributed by atoms with Gasteiger partial charge in [0, 0.05) is 12.2 Å². The summed E-state index contributed by atoms with van der Waals surface area (Å²) in [6.07, 6.45) is 4.71. The number of benzene rings is 1. The first-order valence-electron chi connectivity index (χ1n) is 5.79. The molecule has 1 aliphatic heterocycles. The summed E-state index contributed by atoms with van der Waals surface area (Å²) in [6, 6.07) is 5.87. The van der Waals surface area contributed by atoms with Gasteiger partial charge in [-0.1, -0.05) is 25.5 Å². The number of hydrogen-bond donors (Lipinski definition) is 0. The van der Waals surface area contributed by atoms with Crippen LogP contribution in [-0.4, -0.2) is 11.8 Å². The Labute approximate surface area is 101 Å². The van der Waals surface area contributed by atoms with E-state index in [1.807, 2.05) is 25.1 Å². The Balaban J connectivity index is 2.34. The molecule has 1 aromatic carbocycles. The number of aryl methyl sites for hydroxylation is 2. The molecule has 1 heterocycles. The highest BCUT2D eigenvalue weighted by Gasteiger charge is 2.26. The van der Waals surface area contributed by atoms with Crippen LogP contribution in [0.5, 0.6) is 0 Å². The van der Waals surface area contributed by atoms with Crippen molar-refractivity contribution in [3.63, 3.8) is 0 Å². The van der Waals surface area contributed by atoms with E-state index in [1.54, 1.807) is 0 Å². The van der Waals surface area contributed by atoms with Crippen molar-refractivity contribution in [2.24, 2.45) is 0 Å². The molecule has 0 saturated heterocycles. The Morgan fingerprint density at radius 2 is 1.76 bits per heavy atom. The number of anilines is 1. The van der Waals surface area contributed by atoms with Crippen LogP contribution in [0.2, 0.25) is 0 Å². The van der Waals surface area contributed by atoms with Crippen LogP contribution in [-0.2, 0) is 16.0 Å². The lowest BCUT2D eigenvalue weighted by Crippen LogP contribution is -2.30. The Morgan fingerprint density at radius 3 is 2.29 bits per heavy atom. The van der Waals surface area contributed by atoms with Crippen molar-refractivity contribution < 1.29 is 9.59 Å². The van der Waals surface area contributed by atoms with Crippen molar-refractivity contribution in [1.29, 1.82) is 0 Å². The molecule has 0 N–H and O–H groups in total. The second kappa shape index (κ2) is 4.53. The van der Waals surface area contributed by atoms with Gasteiger partial charge < -0.3 is 0 Å². The van der Waals surface area contributed by atoms with E-state index < -0.39 is 0 Å². The topological polar surface area (TPSA) is 37.4 Å². The van der Waals surface area contributed by atoms with Crippen LogP contribution in [0.15, 0.2) is 30.4 Å². The van der Waals surface area contributed by atoms with E-state index >= 15 is 0 Å². The molecule has 0 atom stereocenters. The van der Waals surface area contributed by atoms with Crippen molar-refractivity contribution in [2.75, 3.05) is 4.90 Å². The van der Waals surface area contributed by atoms with E-state index in [0.29, 0.717) is 5.69 Å². The zero-order chi connectivity index (χ0) is 12.4. The van der Waals surface area contributed by atoms with E-state index in [2.05, 4.69) is 6.92 Å². The van der Waals surface area contributed by atoms with E-state index in [1.165, 1.54) is 22.6 Å². The van der Waals surface area contributed by atoms with Crippen LogP contribution >= 0.6 is 0 Å². The fourth-order valence-electron chi connectivity index (χ4n) is 2.05. The van der Waals surface area contributed by atoms with Gasteiger partial charge in [0.15, 0.2) is 0 Å². The van der Waals surface area contributed by atoms with Crippen molar-refractivity contribution in [1.82, 2.24) is 0 Å². The second-order valence-electron chi connectivity index (χ2n) is 4.22. The van der Waals surface area contributed by atoms with Crippen molar-refractivity contribution in [2.45, 2.75) is 26.7 Å². The Bertz CT molecular complexity index is 485. The van der Waals surface area contributed by atoms with E-state index in [4.69, 9.17) is 0 Å². The van der Waals surface area contributed by atoms with Gasteiger partial charge in [-0.25, -0.2) is 4.90 Å². The lowest BCUT2D eigenvalue weighted by Gasteiger charge is -2.17. The Hall–Kier alpha value is -1.90. The number of nitrogens with zero attached hydrogens (tertiary/aromatic N) is 1. The molecule has 3 heteroatoms. The highest BCUT2D eigenvalue weighted by Crippen LogP contribution is 2.24. The minimum atomic E-state index is -0.263. The van der Waals surface area contributed by atoms with Crippen LogP contribution in [0.25, 0.3) is 0 Å². The molecule has 0 aliphatic carbocycles. The van der Waals surface area contributed by atoms with Gasteiger partial charge in [0.1, 0.15) is 0 Å². The largest absolute Gasteiger partial charge is 0.269 e. The minimum Gasteiger partial charge on any atom is -0.269 e. The fraction of sp³-hybridized carbons (Fsp3) is 0.286. The van der Waals surface area contributed by atoms with Crippen molar-refractivity contribution >= 4 is 17.5 Å². The molecule has 0 bridgehead atoms. The molecule has 0 unspecified atom stereocenters. The normalized spacial score (nSPS) is 14.8. The van der Waals surface area contributed by atoms with Crippen LogP contribution in [0.1, 0.15) is 24.5 Å². The average Bonchev–Trinajstić information content (AvgIpc) is 2.60. The SMILES string of the molecule is CCCc1ccc(N2C(=O)C=CC2=O)c(C)c1. The molecular weight excluding hydrogens is 214 g/mol. The fourth-order valence-corrected chi connectivity index (χ4v) is 2.05. The van der Waals surface area contributed by atoms with Crippen molar-refractivity contribution in [3.8, 4) is 0 Å². The molecule has 0 spiro atoms. The molecule has 0 aromatic heterocycles. The number of imide groups is 1. The third kappa shape index (κ3) is 2.13. The van der Waals surface area contributed by atoms with Crippen molar-refractivity contribution in [3.05, 3.63) is 41.5 Å². The Kier molecular flexibility index (Phi) is 3.09. The van der Waals surface area contributed by atoms with Crippen LogP contribution in [0, 0.1) is 6.92 Å². The number of rotatable bonds is 3. The summed E-state index contributed by atoms with van der Waals surface area (Å²) < 4.78 is 0. The molecule has 0 fully saturated rings. The number of carbonyl (C=O) groups excluding carboxylic acids is 2. The first-order valence-corrected chi connectivity index (χ1v) is 5.79. The monoisotopic (exact) mass is 229 g/mol. The quantitative estimate of drug-likeness (QED) is 0.746. The molecule has 17 heavy (non-hydrogen) atoms. The van der Waals surface area contributed by atoms with Gasteiger partial charge in [-0.3, -0.25) is 9.59 Å². The van der Waals surface area contributed by atoms with Gasteiger partial charge in [-0.15, -0.1) is 0 Å². The molecule has 1 aromatic rings. The molecule has 1 aliphatic rings. The van der Waals surface area contributed by atoms with E-state index in [0.717, 1.165) is 18.4 Å². The first kappa shape index (κ1) is 11.6. The van der Waals surface area contributed by atoms with Gasteiger partial charge in [0.2, 0.25) is 0 Å². The molecule has 2 rings (SSSR count). The van der Waals surface area contributed by atoms with Crippen LogP contribution < -0.4 is 4.90 Å². The average molecular weight is 229 g/mol. The summed E-state index contributed by atoms with van der Waals surface area (Å²) in [6.45, 7) is 4.05. The third-order valence-corrected chi connectivity index (χ3v) is 2.85. The summed E-state index contributed by atoms with van der Waals surface area (Å²) >= 11 is 0. The van der Waals surface area contributed by atoms with E-state index in [9.17, 15) is 9.59 Å². The summed E-state index contributed by atoms with van der Waals surface area (Å²) in [5.74, 6) is -0.525. The number of amides is 2. The van der Waals surface area contributed by atoms with Gasteiger partial charge in [-0.05, 0) is 30.5 Å². The predicted molar refractivity (Wildman–Crippen MR) is 66.8 cm³/mol. The highest BCUT2D eigenvalue weighted by atomic mass is 16.2. The maximum Gasteiger partial charge on any atom is 0.258 e. The van der Waals surface area contributed by atoms with Gasteiger partial charge >= 0.3 is 0 Å². The molecule has 88 valence electrons. The highest BCUT2D eigenvalue weighted by molar-refractivity contribution is 6.28. The predicted octanol–water partition coefficient (Wildman–Crippen LogP) is 2.38. The first-order chi connectivity index (χ1) is 8.13. The molecule has 2 amide bonds. The van der Waals surface area contributed by atoms with Gasteiger partial charge in [0.25, 0.3) is 11.8 Å². The third-order valence-electron chi connectivity index (χ3n) is 2.85. The van der Waals surface area contributed by atoms with E-state index in [-0.39, 0.29) is 11.8 Å². The summed E-state index contributed by atoms with van der Waals surface area (Å²) in [4.78, 5) is 24.3. The lowest BCUT2D eigenvalue weighted by molar-refractivity contribution is -0.119. The summed E-state index contributed by atoms with van der Waals surface area (Å²) in [5, 5.41) is 0. The molecule has 3 nitrogen and oxygen atoms in total. The standard InChI is InChI=1S/C14H15NO2/c1-3-4-11-5-6-12(10(2)9-11)15-13(16)7-8-14(15)17/h5-9H,3-4H2,1-2H3. The maximum absolute atomic E-state index is 11.6. The van der Waals surface area contributed by atoms with Crippen LogP contribution in [0.3, 0.4) is 0 Å². The molecular formula is C14H15NO2. The second-order valence-corrected chi connectivity index (χ2v) is 4.22. The summed E-state index contributed by atoms with van der Waals surface area (Å²) in [5.41, 5.74) is 2.88. The number of hydrogen-bond acceptors (Lipinski definition) is 2. The minimum absolute atomic E-state index is 0.263. The van der Waals surface area contributed by atoms with Gasteiger partial charge in [0.05, 0.1) is 5.69 Å². The Morgan fingerprint density at radius 1 is 1.12 bits per heavy atom.